The topological polar surface area (TPSA) is 71.5 Å². The monoisotopic (exact) mass is 343 g/mol. The third kappa shape index (κ3) is 4.80. The van der Waals surface area contributed by atoms with Gasteiger partial charge in [-0.3, -0.25) is 0 Å². The number of benzene rings is 1. The molecule has 1 aromatic heterocycles. The normalized spacial score (nSPS) is 14.4. The lowest BCUT2D eigenvalue weighted by atomic mass is 10.2. The average molecular weight is 343 g/mol. The molecule has 7 nitrogen and oxygen atoms in total. The van der Waals surface area contributed by atoms with E-state index in [-0.39, 0.29) is 0 Å². The van der Waals surface area contributed by atoms with Crippen molar-refractivity contribution in [3.63, 3.8) is 0 Å². The van der Waals surface area contributed by atoms with Gasteiger partial charge in [0.2, 0.25) is 0 Å². The Balaban J connectivity index is 1.78. The number of morpholine rings is 1. The Bertz CT molecular complexity index is 689. The number of hydrogen-bond acceptors (Lipinski definition) is 7. The highest BCUT2D eigenvalue weighted by atomic mass is 16.5. The second-order valence-corrected chi connectivity index (χ2v) is 5.85. The van der Waals surface area contributed by atoms with E-state index in [1.54, 1.807) is 7.11 Å². The summed E-state index contributed by atoms with van der Waals surface area (Å²) >= 11 is 0. The number of hydrogen-bond donors (Lipinski definition) is 2. The zero-order valence-electron chi connectivity index (χ0n) is 14.8. The van der Waals surface area contributed by atoms with Crippen molar-refractivity contribution in [1.82, 2.24) is 9.97 Å². The quantitative estimate of drug-likeness (QED) is 0.748. The minimum atomic E-state index is 0.631. The molecule has 1 saturated heterocycles. The summed E-state index contributed by atoms with van der Waals surface area (Å²) < 4.78 is 10.5. The molecule has 1 fully saturated rings. The molecule has 1 aliphatic rings. The van der Waals surface area contributed by atoms with Crippen molar-refractivity contribution >= 4 is 23.0 Å². The maximum Gasteiger partial charge on any atom is 0.136 e. The summed E-state index contributed by atoms with van der Waals surface area (Å²) in [4.78, 5) is 11.3. The SMILES string of the molecule is COCCNc1cc(Nc2ccccc2N2CCOCC2)nc(C)n1. The van der Waals surface area contributed by atoms with Gasteiger partial charge in [0.1, 0.15) is 17.5 Å². The first kappa shape index (κ1) is 17.4. The maximum atomic E-state index is 5.46. The fourth-order valence-electron chi connectivity index (χ4n) is 2.80. The first-order valence-electron chi connectivity index (χ1n) is 8.53. The van der Waals surface area contributed by atoms with E-state index in [0.29, 0.717) is 19.0 Å². The van der Waals surface area contributed by atoms with Crippen LogP contribution < -0.4 is 15.5 Å². The molecule has 2 aromatic rings. The summed E-state index contributed by atoms with van der Waals surface area (Å²) in [6.07, 6.45) is 0. The van der Waals surface area contributed by atoms with Crippen molar-refractivity contribution in [3.8, 4) is 0 Å². The molecule has 0 unspecified atom stereocenters. The van der Waals surface area contributed by atoms with Gasteiger partial charge in [-0.2, -0.15) is 0 Å². The van der Waals surface area contributed by atoms with E-state index in [1.807, 2.05) is 19.1 Å². The first-order valence-corrected chi connectivity index (χ1v) is 8.53. The molecule has 7 heteroatoms. The van der Waals surface area contributed by atoms with E-state index in [1.165, 1.54) is 0 Å². The Kier molecular flexibility index (Phi) is 6.03. The van der Waals surface area contributed by atoms with Crippen LogP contribution in [0.25, 0.3) is 0 Å². The molecule has 0 spiro atoms. The highest BCUT2D eigenvalue weighted by Crippen LogP contribution is 2.29. The molecule has 0 atom stereocenters. The summed E-state index contributed by atoms with van der Waals surface area (Å²) in [6, 6.07) is 10.2. The number of nitrogens with one attached hydrogen (secondary N) is 2. The summed E-state index contributed by atoms with van der Waals surface area (Å²) in [7, 11) is 1.68. The summed E-state index contributed by atoms with van der Waals surface area (Å²) in [5, 5.41) is 6.68. The van der Waals surface area contributed by atoms with Crippen molar-refractivity contribution in [2.75, 3.05) is 62.1 Å². The predicted molar refractivity (Wildman–Crippen MR) is 99.9 cm³/mol. The van der Waals surface area contributed by atoms with Gasteiger partial charge in [0.15, 0.2) is 0 Å². The minimum Gasteiger partial charge on any atom is -0.383 e. The average Bonchev–Trinajstić information content (AvgIpc) is 2.63. The second-order valence-electron chi connectivity index (χ2n) is 5.85. The summed E-state index contributed by atoms with van der Waals surface area (Å²) in [6.45, 7) is 6.53. The van der Waals surface area contributed by atoms with E-state index < -0.39 is 0 Å². The molecule has 1 aliphatic heterocycles. The van der Waals surface area contributed by atoms with Crippen LogP contribution in [0.2, 0.25) is 0 Å². The number of anilines is 4. The Labute approximate surface area is 148 Å². The molecule has 0 bridgehead atoms. The molecular weight excluding hydrogens is 318 g/mol. The summed E-state index contributed by atoms with van der Waals surface area (Å²) in [5.41, 5.74) is 2.20. The van der Waals surface area contributed by atoms with Crippen LogP contribution in [-0.4, -0.2) is 56.5 Å². The van der Waals surface area contributed by atoms with Gasteiger partial charge in [-0.15, -0.1) is 0 Å². The van der Waals surface area contributed by atoms with Crippen LogP contribution >= 0.6 is 0 Å². The van der Waals surface area contributed by atoms with E-state index in [4.69, 9.17) is 9.47 Å². The van der Waals surface area contributed by atoms with Gasteiger partial charge in [-0.05, 0) is 19.1 Å². The molecule has 2 N–H and O–H groups in total. The zero-order valence-corrected chi connectivity index (χ0v) is 14.8. The van der Waals surface area contributed by atoms with Crippen LogP contribution in [-0.2, 0) is 9.47 Å². The fourth-order valence-corrected chi connectivity index (χ4v) is 2.80. The minimum absolute atomic E-state index is 0.631. The third-order valence-corrected chi connectivity index (χ3v) is 3.97. The predicted octanol–water partition coefficient (Wildman–Crippen LogP) is 2.42. The van der Waals surface area contributed by atoms with Crippen molar-refractivity contribution < 1.29 is 9.47 Å². The van der Waals surface area contributed by atoms with Crippen LogP contribution in [0.4, 0.5) is 23.0 Å². The molecule has 0 radical (unpaired) electrons. The lowest BCUT2D eigenvalue weighted by Gasteiger charge is -2.30. The molecule has 0 saturated carbocycles. The zero-order chi connectivity index (χ0) is 17.5. The lowest BCUT2D eigenvalue weighted by molar-refractivity contribution is 0.123. The Morgan fingerprint density at radius 3 is 2.72 bits per heavy atom. The molecule has 25 heavy (non-hydrogen) atoms. The molecule has 1 aromatic carbocycles. The van der Waals surface area contributed by atoms with E-state index in [2.05, 4.69) is 43.7 Å². The number of ether oxygens (including phenoxy) is 2. The van der Waals surface area contributed by atoms with Gasteiger partial charge >= 0.3 is 0 Å². The standard InChI is InChI=1S/C18H25N5O2/c1-14-20-17(19-7-10-24-2)13-18(21-14)22-15-5-3-4-6-16(15)23-8-11-25-12-9-23/h3-6,13H,7-12H2,1-2H3,(H2,19,20,21,22). The van der Waals surface area contributed by atoms with Crippen LogP contribution in [0.3, 0.4) is 0 Å². The van der Waals surface area contributed by atoms with Crippen molar-refractivity contribution in [1.29, 1.82) is 0 Å². The Hall–Kier alpha value is -2.38. The Morgan fingerprint density at radius 2 is 1.92 bits per heavy atom. The second kappa shape index (κ2) is 8.64. The smallest absolute Gasteiger partial charge is 0.136 e. The van der Waals surface area contributed by atoms with Crippen LogP contribution in [0.15, 0.2) is 30.3 Å². The molecular formula is C18H25N5O2. The van der Waals surface area contributed by atoms with Crippen molar-refractivity contribution in [2.24, 2.45) is 0 Å². The number of aromatic nitrogens is 2. The van der Waals surface area contributed by atoms with Gasteiger partial charge in [0.05, 0.1) is 31.2 Å². The largest absolute Gasteiger partial charge is 0.383 e. The molecule has 2 heterocycles. The molecule has 0 aliphatic carbocycles. The van der Waals surface area contributed by atoms with Crippen molar-refractivity contribution in [3.05, 3.63) is 36.2 Å². The van der Waals surface area contributed by atoms with Gasteiger partial charge in [-0.25, -0.2) is 9.97 Å². The summed E-state index contributed by atoms with van der Waals surface area (Å²) in [5.74, 6) is 2.28. The third-order valence-electron chi connectivity index (χ3n) is 3.97. The van der Waals surface area contributed by atoms with Gasteiger partial charge in [0.25, 0.3) is 0 Å². The first-order chi connectivity index (χ1) is 12.3. The molecule has 0 amide bonds. The number of aryl methyl sites for hydroxylation is 1. The maximum absolute atomic E-state index is 5.46. The molecule has 3 rings (SSSR count). The van der Waals surface area contributed by atoms with Gasteiger partial charge < -0.3 is 25.0 Å². The van der Waals surface area contributed by atoms with E-state index in [0.717, 1.165) is 49.3 Å². The lowest BCUT2D eigenvalue weighted by Crippen LogP contribution is -2.36. The van der Waals surface area contributed by atoms with E-state index in [9.17, 15) is 0 Å². The fraction of sp³-hybridized carbons (Fsp3) is 0.444. The van der Waals surface area contributed by atoms with Gasteiger partial charge in [0, 0.05) is 32.8 Å². The number of nitrogens with zero attached hydrogens (tertiary/aromatic N) is 3. The highest BCUT2D eigenvalue weighted by molar-refractivity contribution is 5.74. The Morgan fingerprint density at radius 1 is 1.16 bits per heavy atom. The van der Waals surface area contributed by atoms with E-state index >= 15 is 0 Å². The van der Waals surface area contributed by atoms with Crippen LogP contribution in [0, 0.1) is 6.92 Å². The highest BCUT2D eigenvalue weighted by Gasteiger charge is 2.15. The number of rotatable bonds is 7. The molecule has 134 valence electrons. The van der Waals surface area contributed by atoms with Crippen LogP contribution in [0.5, 0.6) is 0 Å². The number of methoxy groups -OCH3 is 1. The van der Waals surface area contributed by atoms with Crippen molar-refractivity contribution in [2.45, 2.75) is 6.92 Å². The van der Waals surface area contributed by atoms with Crippen LogP contribution in [0.1, 0.15) is 5.82 Å². The number of para-hydroxylation sites is 2. The van der Waals surface area contributed by atoms with Gasteiger partial charge in [-0.1, -0.05) is 12.1 Å².